The smallest absolute Gasteiger partial charge is 0.244 e. The second-order valence-electron chi connectivity index (χ2n) is 3.30. The SMILES string of the molecule is CC1(C#N)CC(C(N)=O)=CC=C1N. The van der Waals surface area contributed by atoms with Crippen LogP contribution < -0.4 is 11.5 Å². The van der Waals surface area contributed by atoms with E-state index in [1.165, 1.54) is 0 Å². The van der Waals surface area contributed by atoms with Crippen LogP contribution in [0.5, 0.6) is 0 Å². The number of carbonyl (C=O) groups excluding carboxylic acids is 1. The zero-order valence-corrected chi connectivity index (χ0v) is 7.37. The molecular weight excluding hydrogens is 166 g/mol. The van der Waals surface area contributed by atoms with Gasteiger partial charge in [-0.2, -0.15) is 5.26 Å². The lowest BCUT2D eigenvalue weighted by Gasteiger charge is -2.25. The second kappa shape index (κ2) is 2.94. The Hall–Kier alpha value is -1.76. The molecular formula is C9H11N3O. The predicted molar refractivity (Wildman–Crippen MR) is 47.9 cm³/mol. The van der Waals surface area contributed by atoms with Gasteiger partial charge in [0.05, 0.1) is 11.5 Å². The summed E-state index contributed by atoms with van der Waals surface area (Å²) in [5.41, 5.74) is 10.9. The first-order chi connectivity index (χ1) is 5.99. The Bertz CT molecular complexity index is 348. The number of hydrogen-bond donors (Lipinski definition) is 2. The molecule has 1 aliphatic carbocycles. The third-order valence-electron chi connectivity index (χ3n) is 2.21. The first-order valence-electron chi connectivity index (χ1n) is 3.87. The molecule has 13 heavy (non-hydrogen) atoms. The van der Waals surface area contributed by atoms with Crippen LogP contribution in [0.25, 0.3) is 0 Å². The number of rotatable bonds is 1. The Labute approximate surface area is 76.5 Å². The van der Waals surface area contributed by atoms with E-state index in [0.717, 1.165) is 0 Å². The van der Waals surface area contributed by atoms with Gasteiger partial charge in [-0.15, -0.1) is 0 Å². The minimum absolute atomic E-state index is 0.293. The summed E-state index contributed by atoms with van der Waals surface area (Å²) >= 11 is 0. The number of nitrogens with zero attached hydrogens (tertiary/aromatic N) is 1. The van der Waals surface area contributed by atoms with Gasteiger partial charge in [0, 0.05) is 17.7 Å². The number of hydrogen-bond acceptors (Lipinski definition) is 3. The highest BCUT2D eigenvalue weighted by molar-refractivity contribution is 5.92. The molecule has 0 heterocycles. The number of primary amides is 1. The van der Waals surface area contributed by atoms with E-state index >= 15 is 0 Å². The summed E-state index contributed by atoms with van der Waals surface area (Å²) in [6.45, 7) is 1.69. The zero-order valence-electron chi connectivity index (χ0n) is 7.37. The molecule has 1 amide bonds. The fourth-order valence-corrected chi connectivity index (χ4v) is 1.19. The Balaban J connectivity index is 3.05. The van der Waals surface area contributed by atoms with E-state index in [1.54, 1.807) is 19.1 Å². The average molecular weight is 177 g/mol. The third kappa shape index (κ3) is 1.54. The molecule has 0 saturated heterocycles. The molecule has 4 N–H and O–H groups in total. The molecule has 68 valence electrons. The molecule has 0 spiro atoms. The standard InChI is InChI=1S/C9H11N3O/c1-9(5-10)4-6(8(12)13)2-3-7(9)11/h2-3H,4,11H2,1H3,(H2,12,13). The van der Waals surface area contributed by atoms with Gasteiger partial charge < -0.3 is 11.5 Å². The molecule has 1 aliphatic rings. The maximum atomic E-state index is 10.8. The van der Waals surface area contributed by atoms with Crippen molar-refractivity contribution in [2.24, 2.45) is 16.9 Å². The lowest BCUT2D eigenvalue weighted by Crippen LogP contribution is -2.29. The van der Waals surface area contributed by atoms with E-state index in [1.807, 2.05) is 0 Å². The van der Waals surface area contributed by atoms with Crippen LogP contribution >= 0.6 is 0 Å². The molecule has 0 aromatic carbocycles. The Morgan fingerprint density at radius 1 is 1.69 bits per heavy atom. The van der Waals surface area contributed by atoms with Crippen molar-refractivity contribution >= 4 is 5.91 Å². The second-order valence-corrected chi connectivity index (χ2v) is 3.30. The fraction of sp³-hybridized carbons (Fsp3) is 0.333. The lowest BCUT2D eigenvalue weighted by atomic mass is 9.78. The molecule has 0 radical (unpaired) electrons. The van der Waals surface area contributed by atoms with E-state index in [-0.39, 0.29) is 0 Å². The normalized spacial score (nSPS) is 27.1. The van der Waals surface area contributed by atoms with E-state index in [0.29, 0.717) is 17.7 Å². The van der Waals surface area contributed by atoms with Crippen molar-refractivity contribution in [3.05, 3.63) is 23.4 Å². The third-order valence-corrected chi connectivity index (χ3v) is 2.21. The highest BCUT2D eigenvalue weighted by atomic mass is 16.1. The summed E-state index contributed by atoms with van der Waals surface area (Å²) < 4.78 is 0. The topological polar surface area (TPSA) is 92.9 Å². The van der Waals surface area contributed by atoms with Gasteiger partial charge in [0.15, 0.2) is 0 Å². The summed E-state index contributed by atoms with van der Waals surface area (Å²) in [7, 11) is 0. The van der Waals surface area contributed by atoms with Crippen molar-refractivity contribution in [2.75, 3.05) is 0 Å². The van der Waals surface area contributed by atoms with Crippen LogP contribution in [0.1, 0.15) is 13.3 Å². The summed E-state index contributed by atoms with van der Waals surface area (Å²) in [6, 6.07) is 2.07. The van der Waals surface area contributed by atoms with E-state index in [4.69, 9.17) is 16.7 Å². The van der Waals surface area contributed by atoms with Crippen molar-refractivity contribution in [2.45, 2.75) is 13.3 Å². The minimum Gasteiger partial charge on any atom is -0.401 e. The first kappa shape index (κ1) is 9.33. The summed E-state index contributed by atoms with van der Waals surface area (Å²) in [5.74, 6) is -0.495. The van der Waals surface area contributed by atoms with Crippen molar-refractivity contribution < 1.29 is 4.79 Å². The quantitative estimate of drug-likeness (QED) is 0.598. The van der Waals surface area contributed by atoms with Gasteiger partial charge in [0.1, 0.15) is 0 Å². The number of allylic oxidation sites excluding steroid dienone is 3. The maximum Gasteiger partial charge on any atom is 0.244 e. The van der Waals surface area contributed by atoms with Gasteiger partial charge >= 0.3 is 0 Å². The molecule has 4 heteroatoms. The first-order valence-corrected chi connectivity index (χ1v) is 3.87. The number of amides is 1. The molecule has 0 fully saturated rings. The predicted octanol–water partition coefficient (Wildman–Crippen LogP) is 0.174. The molecule has 1 atom stereocenters. The molecule has 1 unspecified atom stereocenters. The van der Waals surface area contributed by atoms with Crippen LogP contribution in [0.2, 0.25) is 0 Å². The van der Waals surface area contributed by atoms with Gasteiger partial charge in [0.25, 0.3) is 0 Å². The number of carbonyl (C=O) groups is 1. The van der Waals surface area contributed by atoms with Gasteiger partial charge in [-0.3, -0.25) is 4.79 Å². The maximum absolute atomic E-state index is 10.8. The molecule has 0 aliphatic heterocycles. The summed E-state index contributed by atoms with van der Waals surface area (Å²) in [4.78, 5) is 10.8. The van der Waals surface area contributed by atoms with Crippen molar-refractivity contribution in [3.63, 3.8) is 0 Å². The fourth-order valence-electron chi connectivity index (χ4n) is 1.19. The summed E-state index contributed by atoms with van der Waals surface area (Å²) in [5, 5.41) is 8.87. The van der Waals surface area contributed by atoms with Crippen molar-refractivity contribution in [1.29, 1.82) is 5.26 Å². The number of nitrogens with two attached hydrogens (primary N) is 2. The van der Waals surface area contributed by atoms with E-state index in [9.17, 15) is 4.79 Å². The van der Waals surface area contributed by atoms with Gasteiger partial charge in [-0.25, -0.2) is 0 Å². The molecule has 0 saturated carbocycles. The van der Waals surface area contributed by atoms with Crippen LogP contribution in [-0.2, 0) is 4.79 Å². The average Bonchev–Trinajstić information content (AvgIpc) is 2.09. The minimum atomic E-state index is -0.793. The van der Waals surface area contributed by atoms with Crippen LogP contribution in [0.15, 0.2) is 23.4 Å². The molecule has 1 rings (SSSR count). The van der Waals surface area contributed by atoms with Crippen LogP contribution in [-0.4, -0.2) is 5.91 Å². The van der Waals surface area contributed by atoms with Gasteiger partial charge in [0.2, 0.25) is 5.91 Å². The molecule has 0 aromatic heterocycles. The monoisotopic (exact) mass is 177 g/mol. The van der Waals surface area contributed by atoms with Gasteiger partial charge in [-0.05, 0) is 13.0 Å². The molecule has 4 nitrogen and oxygen atoms in total. The highest BCUT2D eigenvalue weighted by Gasteiger charge is 2.32. The molecule has 0 aromatic rings. The molecule has 0 bridgehead atoms. The lowest BCUT2D eigenvalue weighted by molar-refractivity contribution is -0.114. The Morgan fingerprint density at radius 3 is 2.77 bits per heavy atom. The van der Waals surface area contributed by atoms with Crippen molar-refractivity contribution in [1.82, 2.24) is 0 Å². The van der Waals surface area contributed by atoms with Crippen LogP contribution in [0, 0.1) is 16.7 Å². The van der Waals surface area contributed by atoms with Crippen molar-refractivity contribution in [3.8, 4) is 6.07 Å². The Morgan fingerprint density at radius 2 is 2.31 bits per heavy atom. The van der Waals surface area contributed by atoms with Gasteiger partial charge in [-0.1, -0.05) is 6.08 Å². The number of nitriles is 1. The Kier molecular flexibility index (Phi) is 2.11. The van der Waals surface area contributed by atoms with Crippen LogP contribution in [0.4, 0.5) is 0 Å². The van der Waals surface area contributed by atoms with E-state index < -0.39 is 11.3 Å². The van der Waals surface area contributed by atoms with E-state index in [2.05, 4.69) is 6.07 Å². The summed E-state index contributed by atoms with van der Waals surface area (Å²) in [6.07, 6.45) is 3.42. The van der Waals surface area contributed by atoms with Crippen LogP contribution in [0.3, 0.4) is 0 Å². The highest BCUT2D eigenvalue weighted by Crippen LogP contribution is 2.33. The largest absolute Gasteiger partial charge is 0.401 e. The zero-order chi connectivity index (χ0) is 10.1.